The number of Topliss-reactive ketones (excluding diaryl/α,β-unsaturated/α-hetero) is 1. The van der Waals surface area contributed by atoms with Crippen LogP contribution in [0.3, 0.4) is 0 Å². The first-order valence-electron chi connectivity index (χ1n) is 9.32. The predicted octanol–water partition coefficient (Wildman–Crippen LogP) is 5.35. The van der Waals surface area contributed by atoms with Crippen LogP contribution in [-0.2, 0) is 17.5 Å². The van der Waals surface area contributed by atoms with E-state index in [0.29, 0.717) is 16.8 Å². The molecule has 0 spiro atoms. The molecule has 0 unspecified atom stereocenters. The lowest BCUT2D eigenvalue weighted by Crippen LogP contribution is -2.34. The van der Waals surface area contributed by atoms with Crippen LogP contribution in [0.4, 0.5) is 13.2 Å². The second kappa shape index (κ2) is 8.96. The van der Waals surface area contributed by atoms with Crippen molar-refractivity contribution < 1.29 is 22.8 Å². The minimum absolute atomic E-state index is 0.0629. The van der Waals surface area contributed by atoms with E-state index in [1.807, 2.05) is 20.8 Å². The number of alkyl halides is 3. The van der Waals surface area contributed by atoms with Gasteiger partial charge in [0, 0.05) is 15.7 Å². The number of rotatable bonds is 6. The summed E-state index contributed by atoms with van der Waals surface area (Å²) in [5, 5.41) is 3.40. The van der Waals surface area contributed by atoms with Crippen molar-refractivity contribution in [1.82, 2.24) is 15.3 Å². The summed E-state index contributed by atoms with van der Waals surface area (Å²) < 4.78 is 39.4. The van der Waals surface area contributed by atoms with Gasteiger partial charge < -0.3 is 5.32 Å². The number of aromatic nitrogens is 2. The number of nitrogens with zero attached hydrogens (tertiary/aromatic N) is 2. The number of thioether (sulfide) groups is 1. The molecule has 1 aromatic carbocycles. The van der Waals surface area contributed by atoms with E-state index < -0.39 is 17.4 Å². The Bertz CT molecular complexity index is 1120. The van der Waals surface area contributed by atoms with Crippen LogP contribution in [-0.4, -0.2) is 27.4 Å². The Kier molecular flexibility index (Phi) is 6.70. The van der Waals surface area contributed by atoms with Crippen molar-refractivity contribution in [2.75, 3.05) is 5.75 Å². The maximum atomic E-state index is 13.1. The van der Waals surface area contributed by atoms with Crippen molar-refractivity contribution in [3.63, 3.8) is 0 Å². The highest BCUT2D eigenvalue weighted by Gasteiger charge is 2.35. The Morgan fingerprint density at radius 1 is 1.06 bits per heavy atom. The van der Waals surface area contributed by atoms with Crippen LogP contribution >= 0.6 is 23.1 Å². The number of thiophene rings is 1. The summed E-state index contributed by atoms with van der Waals surface area (Å²) in [7, 11) is 0. The minimum Gasteiger partial charge on any atom is -0.351 e. The van der Waals surface area contributed by atoms with E-state index in [-0.39, 0.29) is 28.0 Å². The first-order valence-corrected chi connectivity index (χ1v) is 11.1. The number of nitrogens with one attached hydrogen (secondary N) is 1. The lowest BCUT2D eigenvalue weighted by molar-refractivity contribution is -0.145. The zero-order valence-corrected chi connectivity index (χ0v) is 18.7. The van der Waals surface area contributed by atoms with Gasteiger partial charge in [-0.05, 0) is 18.2 Å². The number of hydrogen-bond acceptors (Lipinski definition) is 6. The highest BCUT2D eigenvalue weighted by Crippen LogP contribution is 2.32. The highest BCUT2D eigenvalue weighted by atomic mass is 32.2. The normalized spacial score (nSPS) is 12.2. The summed E-state index contributed by atoms with van der Waals surface area (Å²) in [6.45, 7) is 5.74. The summed E-state index contributed by atoms with van der Waals surface area (Å²) in [6, 6.07) is 9.81. The van der Waals surface area contributed by atoms with Gasteiger partial charge in [0.1, 0.15) is 5.03 Å². The Morgan fingerprint density at radius 3 is 2.45 bits per heavy atom. The van der Waals surface area contributed by atoms with Gasteiger partial charge in [0.15, 0.2) is 5.78 Å². The molecule has 164 valence electrons. The van der Waals surface area contributed by atoms with Gasteiger partial charge >= 0.3 is 6.18 Å². The van der Waals surface area contributed by atoms with Crippen molar-refractivity contribution in [2.24, 2.45) is 5.41 Å². The van der Waals surface area contributed by atoms with Crippen molar-refractivity contribution in [3.8, 4) is 0 Å². The number of ketones is 1. The summed E-state index contributed by atoms with van der Waals surface area (Å²) in [6.07, 6.45) is -4.68. The molecular weight excluding hydrogens is 447 g/mol. The van der Waals surface area contributed by atoms with Crippen LogP contribution in [0, 0.1) is 5.41 Å². The number of para-hydroxylation sites is 1. The number of carbonyl (C=O) groups is 2. The van der Waals surface area contributed by atoms with Crippen molar-refractivity contribution >= 4 is 45.7 Å². The molecule has 0 aliphatic heterocycles. The maximum Gasteiger partial charge on any atom is 0.451 e. The summed E-state index contributed by atoms with van der Waals surface area (Å²) >= 11 is 2.20. The molecule has 5 nitrogen and oxygen atoms in total. The molecule has 3 aromatic rings. The number of amides is 1. The average Bonchev–Trinajstić information content (AvgIpc) is 3.17. The van der Waals surface area contributed by atoms with E-state index in [0.717, 1.165) is 16.6 Å². The van der Waals surface area contributed by atoms with E-state index in [1.165, 1.54) is 17.4 Å². The molecule has 1 N–H and O–H groups in total. The molecule has 0 saturated carbocycles. The molecule has 0 aliphatic carbocycles. The molecule has 0 bridgehead atoms. The smallest absolute Gasteiger partial charge is 0.351 e. The molecule has 3 rings (SSSR count). The molecule has 0 saturated heterocycles. The summed E-state index contributed by atoms with van der Waals surface area (Å²) in [4.78, 5) is 33.1. The van der Waals surface area contributed by atoms with Crippen LogP contribution in [0.15, 0.2) is 41.4 Å². The second-order valence-corrected chi connectivity index (χ2v) is 9.91. The van der Waals surface area contributed by atoms with Gasteiger partial charge in [-0.25, -0.2) is 9.97 Å². The standard InChI is InChI=1S/C21H20F3N3O2S2/c1-20(2,3)19(29)25-10-12-8-9-16(31-12)15(28)11-30-17-13-6-4-5-7-14(13)26-18(27-17)21(22,23)24/h4-9H,10-11H2,1-3H3,(H,25,29). The SMILES string of the molecule is CC(C)(C)C(=O)NCc1ccc(C(=O)CSc2nc(C(F)(F)F)nc3ccccc23)s1. The molecule has 10 heteroatoms. The molecule has 1 amide bonds. The van der Waals surface area contributed by atoms with Crippen LogP contribution in [0.5, 0.6) is 0 Å². The summed E-state index contributed by atoms with van der Waals surface area (Å²) in [5.41, 5.74) is -0.338. The first kappa shape index (κ1) is 23.2. The van der Waals surface area contributed by atoms with Gasteiger partial charge in [-0.2, -0.15) is 13.2 Å². The summed E-state index contributed by atoms with van der Waals surface area (Å²) in [5.74, 6) is -1.61. The van der Waals surface area contributed by atoms with Gasteiger partial charge in [0.2, 0.25) is 11.7 Å². The Labute approximate surface area is 185 Å². The lowest BCUT2D eigenvalue weighted by atomic mass is 9.96. The van der Waals surface area contributed by atoms with Crippen molar-refractivity contribution in [2.45, 2.75) is 38.5 Å². The number of benzene rings is 1. The fraction of sp³-hybridized carbons (Fsp3) is 0.333. The maximum absolute atomic E-state index is 13.1. The zero-order chi connectivity index (χ0) is 22.8. The Hall–Kier alpha value is -2.46. The van der Waals surface area contributed by atoms with Gasteiger partial charge in [0.25, 0.3) is 0 Å². The number of fused-ring (bicyclic) bond motifs is 1. The lowest BCUT2D eigenvalue weighted by Gasteiger charge is -2.17. The zero-order valence-electron chi connectivity index (χ0n) is 17.0. The molecule has 2 aromatic heterocycles. The highest BCUT2D eigenvalue weighted by molar-refractivity contribution is 8.00. The predicted molar refractivity (Wildman–Crippen MR) is 115 cm³/mol. The average molecular weight is 468 g/mol. The third kappa shape index (κ3) is 5.82. The molecule has 31 heavy (non-hydrogen) atoms. The van der Waals surface area contributed by atoms with E-state index in [2.05, 4.69) is 15.3 Å². The van der Waals surface area contributed by atoms with Gasteiger partial charge in [-0.3, -0.25) is 9.59 Å². The monoisotopic (exact) mass is 467 g/mol. The quantitative estimate of drug-likeness (QED) is 0.301. The van der Waals surface area contributed by atoms with Crippen LogP contribution in [0.1, 0.15) is 41.1 Å². The van der Waals surface area contributed by atoms with Crippen molar-refractivity contribution in [3.05, 3.63) is 52.0 Å². The van der Waals surface area contributed by atoms with Gasteiger partial charge in [-0.15, -0.1) is 11.3 Å². The van der Waals surface area contributed by atoms with E-state index in [1.54, 1.807) is 30.3 Å². The molecule has 0 aliphatic rings. The first-order chi connectivity index (χ1) is 14.4. The molecule has 2 heterocycles. The molecule has 0 radical (unpaired) electrons. The third-order valence-electron chi connectivity index (χ3n) is 4.20. The minimum atomic E-state index is -4.68. The van der Waals surface area contributed by atoms with Crippen LogP contribution < -0.4 is 5.32 Å². The third-order valence-corrected chi connectivity index (χ3v) is 6.32. The second-order valence-electron chi connectivity index (χ2n) is 7.78. The van der Waals surface area contributed by atoms with Crippen LogP contribution in [0.25, 0.3) is 10.9 Å². The molecular formula is C21H20F3N3O2S2. The van der Waals surface area contributed by atoms with Gasteiger partial charge in [0.05, 0.1) is 22.7 Å². The van der Waals surface area contributed by atoms with Crippen LogP contribution in [0.2, 0.25) is 0 Å². The largest absolute Gasteiger partial charge is 0.451 e. The number of halogens is 3. The molecule has 0 fully saturated rings. The Balaban J connectivity index is 1.71. The Morgan fingerprint density at radius 2 is 1.77 bits per heavy atom. The molecule has 0 atom stereocenters. The number of carbonyl (C=O) groups excluding carboxylic acids is 2. The fourth-order valence-corrected chi connectivity index (χ4v) is 4.42. The van der Waals surface area contributed by atoms with E-state index >= 15 is 0 Å². The topological polar surface area (TPSA) is 72.0 Å². The van der Waals surface area contributed by atoms with E-state index in [9.17, 15) is 22.8 Å². The van der Waals surface area contributed by atoms with E-state index in [4.69, 9.17) is 0 Å². The van der Waals surface area contributed by atoms with Crippen molar-refractivity contribution in [1.29, 1.82) is 0 Å². The fourth-order valence-electron chi connectivity index (χ4n) is 2.54. The van der Waals surface area contributed by atoms with Gasteiger partial charge in [-0.1, -0.05) is 50.7 Å². The number of hydrogen-bond donors (Lipinski definition) is 1.